The van der Waals surface area contributed by atoms with Crippen LogP contribution in [0, 0.1) is 5.92 Å². The number of amides is 1. The molecule has 0 radical (unpaired) electrons. The molecule has 1 heterocycles. The largest absolute Gasteiger partial charge is 0.381 e. The van der Waals surface area contributed by atoms with E-state index in [9.17, 15) is 4.79 Å². The van der Waals surface area contributed by atoms with Crippen LogP contribution in [-0.2, 0) is 9.53 Å². The van der Waals surface area contributed by atoms with E-state index in [-0.39, 0.29) is 5.91 Å². The minimum atomic E-state index is 0.175. The fraction of sp³-hybridized carbons (Fsp3) is 0.900. The lowest BCUT2D eigenvalue weighted by atomic mass is 10.1. The highest BCUT2D eigenvalue weighted by Gasteiger charge is 2.23. The van der Waals surface area contributed by atoms with Gasteiger partial charge in [0.1, 0.15) is 0 Å². The highest BCUT2D eigenvalue weighted by molar-refractivity contribution is 5.73. The van der Waals surface area contributed by atoms with Crippen molar-refractivity contribution in [2.75, 3.05) is 32.8 Å². The van der Waals surface area contributed by atoms with Gasteiger partial charge in [0.05, 0.1) is 6.61 Å². The molecule has 1 unspecified atom stereocenters. The average Bonchev–Trinajstić information content (AvgIpc) is 2.61. The number of nitrogens with zero attached hydrogens (tertiary/aromatic N) is 1. The summed E-state index contributed by atoms with van der Waals surface area (Å²) in [5.74, 6) is 0.700. The van der Waals surface area contributed by atoms with E-state index in [4.69, 9.17) is 10.5 Å². The summed E-state index contributed by atoms with van der Waals surface area (Å²) in [6.45, 7) is 5.57. The molecule has 2 N–H and O–H groups in total. The molecule has 0 saturated carbocycles. The van der Waals surface area contributed by atoms with Crippen LogP contribution >= 0.6 is 0 Å². The molecule has 1 amide bonds. The quantitative estimate of drug-likeness (QED) is 0.646. The Kier molecular flexibility index (Phi) is 4.90. The van der Waals surface area contributed by atoms with Crippen molar-refractivity contribution in [2.45, 2.75) is 19.8 Å². The molecule has 82 valence electrons. The standard InChI is InChI=1S/C10H20N2O2/c1-9(13)12-5-3-10(7-12)8-14-6-2-4-11/h10H,2-8,11H2,1H3. The van der Waals surface area contributed by atoms with E-state index in [0.29, 0.717) is 12.5 Å². The van der Waals surface area contributed by atoms with Crippen LogP contribution in [0.2, 0.25) is 0 Å². The van der Waals surface area contributed by atoms with Crippen LogP contribution in [0.25, 0.3) is 0 Å². The number of nitrogens with two attached hydrogens (primary N) is 1. The first-order chi connectivity index (χ1) is 6.74. The van der Waals surface area contributed by atoms with Crippen LogP contribution in [0.3, 0.4) is 0 Å². The molecule has 0 bridgehead atoms. The van der Waals surface area contributed by atoms with E-state index >= 15 is 0 Å². The van der Waals surface area contributed by atoms with Gasteiger partial charge in [0, 0.05) is 32.5 Å². The van der Waals surface area contributed by atoms with Gasteiger partial charge in [-0.25, -0.2) is 0 Å². The first-order valence-corrected chi connectivity index (χ1v) is 5.27. The Labute approximate surface area is 85.4 Å². The molecule has 1 fully saturated rings. The molecule has 0 spiro atoms. The van der Waals surface area contributed by atoms with Crippen molar-refractivity contribution in [3.05, 3.63) is 0 Å². The fourth-order valence-corrected chi connectivity index (χ4v) is 1.69. The third-order valence-electron chi connectivity index (χ3n) is 2.58. The molecule has 0 aromatic carbocycles. The minimum absolute atomic E-state index is 0.175. The summed E-state index contributed by atoms with van der Waals surface area (Å²) < 4.78 is 5.47. The second-order valence-electron chi connectivity index (χ2n) is 3.84. The Morgan fingerprint density at radius 2 is 2.43 bits per heavy atom. The van der Waals surface area contributed by atoms with E-state index in [1.807, 2.05) is 4.90 Å². The molecular weight excluding hydrogens is 180 g/mol. The summed E-state index contributed by atoms with van der Waals surface area (Å²) in [5, 5.41) is 0. The topological polar surface area (TPSA) is 55.6 Å². The molecule has 0 aliphatic carbocycles. The van der Waals surface area contributed by atoms with E-state index in [0.717, 1.165) is 39.1 Å². The maximum Gasteiger partial charge on any atom is 0.219 e. The Morgan fingerprint density at radius 3 is 3.00 bits per heavy atom. The molecule has 4 nitrogen and oxygen atoms in total. The number of carbonyl (C=O) groups excluding carboxylic acids is 1. The molecule has 1 rings (SSSR count). The lowest BCUT2D eigenvalue weighted by molar-refractivity contribution is -0.127. The van der Waals surface area contributed by atoms with Gasteiger partial charge in [-0.2, -0.15) is 0 Å². The van der Waals surface area contributed by atoms with Crippen molar-refractivity contribution in [1.29, 1.82) is 0 Å². The fourth-order valence-electron chi connectivity index (χ4n) is 1.69. The number of likely N-dealkylation sites (tertiary alicyclic amines) is 1. The third kappa shape index (κ3) is 3.64. The van der Waals surface area contributed by atoms with Crippen LogP contribution in [0.5, 0.6) is 0 Å². The van der Waals surface area contributed by atoms with E-state index in [1.54, 1.807) is 6.92 Å². The van der Waals surface area contributed by atoms with Gasteiger partial charge in [0.15, 0.2) is 0 Å². The molecule has 4 heteroatoms. The molecule has 0 aromatic rings. The Bertz CT molecular complexity index is 185. The molecular formula is C10H20N2O2. The first-order valence-electron chi connectivity index (χ1n) is 5.27. The van der Waals surface area contributed by atoms with Gasteiger partial charge < -0.3 is 15.4 Å². The summed E-state index contributed by atoms with van der Waals surface area (Å²) >= 11 is 0. The first kappa shape index (κ1) is 11.5. The molecule has 14 heavy (non-hydrogen) atoms. The van der Waals surface area contributed by atoms with Crippen LogP contribution < -0.4 is 5.73 Å². The summed E-state index contributed by atoms with van der Waals surface area (Å²) in [4.78, 5) is 12.9. The third-order valence-corrected chi connectivity index (χ3v) is 2.58. The Hall–Kier alpha value is -0.610. The molecule has 0 aromatic heterocycles. The molecule has 1 atom stereocenters. The maximum atomic E-state index is 11.0. The van der Waals surface area contributed by atoms with Crippen molar-refractivity contribution in [1.82, 2.24) is 4.90 Å². The van der Waals surface area contributed by atoms with Gasteiger partial charge >= 0.3 is 0 Å². The highest BCUT2D eigenvalue weighted by Crippen LogP contribution is 2.16. The summed E-state index contributed by atoms with van der Waals surface area (Å²) in [6, 6.07) is 0. The number of hydrogen-bond acceptors (Lipinski definition) is 3. The minimum Gasteiger partial charge on any atom is -0.381 e. The number of rotatable bonds is 5. The zero-order valence-corrected chi connectivity index (χ0v) is 8.87. The van der Waals surface area contributed by atoms with Gasteiger partial charge in [-0.3, -0.25) is 4.79 Å². The van der Waals surface area contributed by atoms with Crippen molar-refractivity contribution >= 4 is 5.91 Å². The van der Waals surface area contributed by atoms with Crippen molar-refractivity contribution in [3.8, 4) is 0 Å². The highest BCUT2D eigenvalue weighted by atomic mass is 16.5. The maximum absolute atomic E-state index is 11.0. The predicted octanol–water partition coefficient (Wildman–Crippen LogP) is 0.220. The number of ether oxygens (including phenoxy) is 1. The molecule has 1 aliphatic rings. The van der Waals surface area contributed by atoms with Crippen molar-refractivity contribution in [3.63, 3.8) is 0 Å². The average molecular weight is 200 g/mol. The Balaban J connectivity index is 2.07. The van der Waals surface area contributed by atoms with Crippen LogP contribution in [0.4, 0.5) is 0 Å². The van der Waals surface area contributed by atoms with Gasteiger partial charge in [-0.15, -0.1) is 0 Å². The van der Waals surface area contributed by atoms with E-state index in [1.165, 1.54) is 0 Å². The number of carbonyl (C=O) groups is 1. The monoisotopic (exact) mass is 200 g/mol. The zero-order valence-electron chi connectivity index (χ0n) is 8.87. The summed E-state index contributed by atoms with van der Waals surface area (Å²) in [7, 11) is 0. The van der Waals surface area contributed by atoms with Crippen LogP contribution in [0.15, 0.2) is 0 Å². The lowest BCUT2D eigenvalue weighted by Gasteiger charge is -2.13. The second-order valence-corrected chi connectivity index (χ2v) is 3.84. The normalized spacial score (nSPS) is 21.6. The molecule has 1 aliphatic heterocycles. The van der Waals surface area contributed by atoms with Crippen LogP contribution in [0.1, 0.15) is 19.8 Å². The summed E-state index contributed by atoms with van der Waals surface area (Å²) in [6.07, 6.45) is 1.99. The van der Waals surface area contributed by atoms with Crippen LogP contribution in [-0.4, -0.2) is 43.7 Å². The van der Waals surface area contributed by atoms with Gasteiger partial charge in [-0.05, 0) is 19.4 Å². The van der Waals surface area contributed by atoms with Gasteiger partial charge in [-0.1, -0.05) is 0 Å². The van der Waals surface area contributed by atoms with Gasteiger partial charge in [0.2, 0.25) is 5.91 Å². The molecule has 1 saturated heterocycles. The predicted molar refractivity (Wildman–Crippen MR) is 54.9 cm³/mol. The summed E-state index contributed by atoms with van der Waals surface area (Å²) in [5.41, 5.74) is 5.35. The zero-order chi connectivity index (χ0) is 10.4. The van der Waals surface area contributed by atoms with Gasteiger partial charge in [0.25, 0.3) is 0 Å². The SMILES string of the molecule is CC(=O)N1CCC(COCCCN)C1. The van der Waals surface area contributed by atoms with Crippen molar-refractivity contribution < 1.29 is 9.53 Å². The van der Waals surface area contributed by atoms with E-state index < -0.39 is 0 Å². The lowest BCUT2D eigenvalue weighted by Crippen LogP contribution is -2.26. The van der Waals surface area contributed by atoms with Crippen molar-refractivity contribution in [2.24, 2.45) is 11.7 Å². The second kappa shape index (κ2) is 5.98. The number of hydrogen-bond donors (Lipinski definition) is 1. The smallest absolute Gasteiger partial charge is 0.219 e. The van der Waals surface area contributed by atoms with E-state index in [2.05, 4.69) is 0 Å². The Morgan fingerprint density at radius 1 is 1.64 bits per heavy atom.